The highest BCUT2D eigenvalue weighted by atomic mass is 16.6. The van der Waals surface area contributed by atoms with Crippen molar-refractivity contribution in [3.8, 4) is 0 Å². The molecule has 1 amide bonds. The Morgan fingerprint density at radius 1 is 1.37 bits per heavy atom. The molecule has 2 heterocycles. The monoisotopic (exact) mass is 269 g/mol. The molecule has 0 aromatic rings. The molecular weight excluding hydrogens is 250 g/mol. The van der Waals surface area contributed by atoms with Crippen LogP contribution >= 0.6 is 0 Å². The van der Waals surface area contributed by atoms with E-state index in [4.69, 9.17) is 9.94 Å². The number of amides is 1. The maximum atomic E-state index is 11.7. The summed E-state index contributed by atoms with van der Waals surface area (Å²) in [5.41, 5.74) is -0.101. The van der Waals surface area contributed by atoms with E-state index >= 15 is 0 Å². The van der Waals surface area contributed by atoms with E-state index in [-0.39, 0.29) is 18.0 Å². The second kappa shape index (κ2) is 6.51. The van der Waals surface area contributed by atoms with E-state index in [1.54, 1.807) is 0 Å². The fraction of sp³-hybridized carbons (Fsp3) is 0.750. The van der Waals surface area contributed by atoms with Gasteiger partial charge < -0.3 is 20.2 Å². The van der Waals surface area contributed by atoms with Gasteiger partial charge in [-0.1, -0.05) is 11.6 Å². The van der Waals surface area contributed by atoms with Crippen LogP contribution in [0, 0.1) is 0 Å². The van der Waals surface area contributed by atoms with Crippen molar-refractivity contribution in [3.63, 3.8) is 0 Å². The molecule has 106 valence electrons. The van der Waals surface area contributed by atoms with Crippen molar-refractivity contribution >= 4 is 17.6 Å². The van der Waals surface area contributed by atoms with Crippen molar-refractivity contribution < 1.29 is 19.5 Å². The Balaban J connectivity index is 1.64. The molecule has 0 aromatic heterocycles. The zero-order chi connectivity index (χ0) is 13.7. The van der Waals surface area contributed by atoms with E-state index < -0.39 is 12.1 Å². The van der Waals surface area contributed by atoms with Crippen molar-refractivity contribution in [2.45, 2.75) is 31.8 Å². The van der Waals surface area contributed by atoms with Crippen molar-refractivity contribution in [2.75, 3.05) is 26.2 Å². The summed E-state index contributed by atoms with van der Waals surface area (Å²) >= 11 is 0. The lowest BCUT2D eigenvalue weighted by atomic mass is 10.1. The Labute approximate surface area is 111 Å². The fourth-order valence-electron chi connectivity index (χ4n) is 2.28. The first-order valence-electron chi connectivity index (χ1n) is 6.63. The van der Waals surface area contributed by atoms with E-state index in [1.165, 1.54) is 19.3 Å². The van der Waals surface area contributed by atoms with Gasteiger partial charge in [0, 0.05) is 19.5 Å². The predicted octanol–water partition coefficient (Wildman–Crippen LogP) is -0.182. The third-order valence-corrected chi connectivity index (χ3v) is 3.38. The summed E-state index contributed by atoms with van der Waals surface area (Å²) in [6.07, 6.45) is 2.96. The van der Waals surface area contributed by atoms with Gasteiger partial charge in [0.1, 0.15) is 0 Å². The number of aliphatic carboxylic acids is 1. The van der Waals surface area contributed by atoms with Crippen LogP contribution in [0.25, 0.3) is 0 Å². The Hall–Kier alpha value is -1.63. The molecule has 1 atom stereocenters. The highest BCUT2D eigenvalue weighted by Crippen LogP contribution is 2.11. The number of oxime groups is 1. The standard InChI is InChI=1S/C12H19N3O4/c16-11(10-8-9(12(17)18)14-19-10)13-4-7-15-5-2-1-3-6-15/h10H,1-8H2,(H,13,16)(H,17,18). The third kappa shape index (κ3) is 3.92. The number of hydrogen-bond acceptors (Lipinski definition) is 5. The molecule has 1 saturated heterocycles. The lowest BCUT2D eigenvalue weighted by Gasteiger charge is -2.26. The number of carboxylic acid groups (broad SMARTS) is 1. The van der Waals surface area contributed by atoms with Crippen LogP contribution in [0.4, 0.5) is 0 Å². The smallest absolute Gasteiger partial charge is 0.353 e. The summed E-state index contributed by atoms with van der Waals surface area (Å²) in [6.45, 7) is 3.55. The van der Waals surface area contributed by atoms with Gasteiger partial charge in [0.15, 0.2) is 5.71 Å². The summed E-state index contributed by atoms with van der Waals surface area (Å²) in [5, 5.41) is 14.9. The zero-order valence-electron chi connectivity index (χ0n) is 10.8. The largest absolute Gasteiger partial charge is 0.477 e. The predicted molar refractivity (Wildman–Crippen MR) is 67.9 cm³/mol. The molecular formula is C12H19N3O4. The van der Waals surface area contributed by atoms with Gasteiger partial charge in [0.25, 0.3) is 5.91 Å². The number of nitrogens with zero attached hydrogens (tertiary/aromatic N) is 2. The molecule has 19 heavy (non-hydrogen) atoms. The summed E-state index contributed by atoms with van der Waals surface area (Å²) in [5.74, 6) is -1.43. The molecule has 7 nitrogen and oxygen atoms in total. The maximum Gasteiger partial charge on any atom is 0.353 e. The van der Waals surface area contributed by atoms with Crippen LogP contribution < -0.4 is 5.32 Å². The highest BCUT2D eigenvalue weighted by Gasteiger charge is 2.31. The molecule has 2 aliphatic heterocycles. The third-order valence-electron chi connectivity index (χ3n) is 3.38. The Morgan fingerprint density at radius 2 is 2.11 bits per heavy atom. The number of piperidine rings is 1. The quantitative estimate of drug-likeness (QED) is 0.722. The van der Waals surface area contributed by atoms with E-state index in [2.05, 4.69) is 15.4 Å². The maximum absolute atomic E-state index is 11.7. The van der Waals surface area contributed by atoms with Gasteiger partial charge in [-0.2, -0.15) is 0 Å². The summed E-state index contributed by atoms with van der Waals surface area (Å²) in [7, 11) is 0. The molecule has 2 N–H and O–H groups in total. The molecule has 0 radical (unpaired) electrons. The second-order valence-electron chi connectivity index (χ2n) is 4.83. The SMILES string of the molecule is O=C(O)C1=NOC(C(=O)NCCN2CCCCC2)C1. The lowest BCUT2D eigenvalue weighted by molar-refractivity contribution is -0.131. The Morgan fingerprint density at radius 3 is 2.74 bits per heavy atom. The van der Waals surface area contributed by atoms with E-state index in [9.17, 15) is 9.59 Å². The fourth-order valence-corrected chi connectivity index (χ4v) is 2.28. The van der Waals surface area contributed by atoms with E-state index in [0.717, 1.165) is 19.6 Å². The number of carbonyl (C=O) groups is 2. The molecule has 7 heteroatoms. The molecule has 0 bridgehead atoms. The molecule has 0 spiro atoms. The number of carbonyl (C=O) groups excluding carboxylic acids is 1. The van der Waals surface area contributed by atoms with E-state index in [0.29, 0.717) is 6.54 Å². The average molecular weight is 269 g/mol. The molecule has 0 aromatic carbocycles. The Bertz CT molecular complexity index is 377. The number of likely N-dealkylation sites (tertiary alicyclic amines) is 1. The molecule has 2 rings (SSSR count). The van der Waals surface area contributed by atoms with Gasteiger partial charge in [-0.25, -0.2) is 4.79 Å². The van der Waals surface area contributed by atoms with Gasteiger partial charge in [0.2, 0.25) is 6.10 Å². The summed E-state index contributed by atoms with van der Waals surface area (Å²) < 4.78 is 0. The van der Waals surface area contributed by atoms with Gasteiger partial charge >= 0.3 is 5.97 Å². The molecule has 0 saturated carbocycles. The first kappa shape index (κ1) is 13.8. The molecule has 1 fully saturated rings. The minimum Gasteiger partial charge on any atom is -0.477 e. The van der Waals surface area contributed by atoms with Crippen LogP contribution in [0.5, 0.6) is 0 Å². The Kier molecular flexibility index (Phi) is 4.73. The second-order valence-corrected chi connectivity index (χ2v) is 4.83. The topological polar surface area (TPSA) is 91.2 Å². The summed E-state index contributed by atoms with van der Waals surface area (Å²) in [4.78, 5) is 29.5. The lowest BCUT2D eigenvalue weighted by Crippen LogP contribution is -2.41. The van der Waals surface area contributed by atoms with Crippen molar-refractivity contribution in [3.05, 3.63) is 0 Å². The van der Waals surface area contributed by atoms with Crippen LogP contribution in [0.3, 0.4) is 0 Å². The van der Waals surface area contributed by atoms with Crippen molar-refractivity contribution in [1.82, 2.24) is 10.2 Å². The van der Waals surface area contributed by atoms with Gasteiger partial charge in [-0.05, 0) is 25.9 Å². The minimum absolute atomic E-state index is 0.0326. The molecule has 0 aliphatic carbocycles. The highest BCUT2D eigenvalue weighted by molar-refractivity contribution is 6.36. The minimum atomic E-state index is -1.14. The van der Waals surface area contributed by atoms with Gasteiger partial charge in [-0.15, -0.1) is 0 Å². The van der Waals surface area contributed by atoms with Crippen LogP contribution in [-0.2, 0) is 14.4 Å². The molecule has 2 aliphatic rings. The first-order valence-corrected chi connectivity index (χ1v) is 6.63. The number of nitrogens with one attached hydrogen (secondary N) is 1. The van der Waals surface area contributed by atoms with Crippen LogP contribution in [0.1, 0.15) is 25.7 Å². The van der Waals surface area contributed by atoms with Gasteiger partial charge in [0.05, 0.1) is 0 Å². The number of carboxylic acids is 1. The van der Waals surface area contributed by atoms with Crippen LogP contribution in [-0.4, -0.2) is 59.9 Å². The molecule has 1 unspecified atom stereocenters. The van der Waals surface area contributed by atoms with E-state index in [1.807, 2.05) is 0 Å². The first-order chi connectivity index (χ1) is 9.16. The zero-order valence-corrected chi connectivity index (χ0v) is 10.8. The van der Waals surface area contributed by atoms with Crippen molar-refractivity contribution in [2.24, 2.45) is 5.16 Å². The normalized spacial score (nSPS) is 23.6. The van der Waals surface area contributed by atoms with Crippen LogP contribution in [0.2, 0.25) is 0 Å². The van der Waals surface area contributed by atoms with Gasteiger partial charge in [-0.3, -0.25) is 4.79 Å². The van der Waals surface area contributed by atoms with Crippen LogP contribution in [0.15, 0.2) is 5.16 Å². The van der Waals surface area contributed by atoms with Crippen molar-refractivity contribution in [1.29, 1.82) is 0 Å². The number of rotatable bonds is 5. The number of hydrogen-bond donors (Lipinski definition) is 2. The average Bonchev–Trinajstić information content (AvgIpc) is 2.89. The summed E-state index contributed by atoms with van der Waals surface area (Å²) in [6, 6.07) is 0.